The first-order chi connectivity index (χ1) is 6.65. The number of nitrogens with zero attached hydrogens (tertiary/aromatic N) is 2. The van der Waals surface area contributed by atoms with Gasteiger partial charge in [0, 0.05) is 20.1 Å². The molecule has 0 aromatic carbocycles. The molecule has 2 rings (SSSR count). The Kier molecular flexibility index (Phi) is 1.94. The first kappa shape index (κ1) is 9.05. The van der Waals surface area contributed by atoms with E-state index in [1.54, 1.807) is 11.9 Å². The van der Waals surface area contributed by atoms with Crippen LogP contribution >= 0.6 is 0 Å². The van der Waals surface area contributed by atoms with Crippen molar-refractivity contribution in [2.75, 3.05) is 13.6 Å². The van der Waals surface area contributed by atoms with Crippen LogP contribution in [0.25, 0.3) is 0 Å². The summed E-state index contributed by atoms with van der Waals surface area (Å²) < 4.78 is 1.47. The first-order valence-electron chi connectivity index (χ1n) is 4.72. The molecule has 0 fully saturated rings. The summed E-state index contributed by atoms with van der Waals surface area (Å²) in [6, 6.07) is 0. The number of hydrogen-bond acceptors (Lipinski definition) is 2. The third kappa shape index (κ3) is 1.08. The molecule has 0 aliphatic carbocycles. The Bertz CT molecular complexity index is 430. The molecule has 1 aliphatic heterocycles. The number of H-pyrrole nitrogens is 1. The molecule has 0 saturated heterocycles. The Balaban J connectivity index is 2.58. The van der Waals surface area contributed by atoms with Crippen molar-refractivity contribution in [1.82, 2.24) is 14.7 Å². The van der Waals surface area contributed by atoms with Crippen molar-refractivity contribution in [1.29, 1.82) is 0 Å². The number of carbonyl (C=O) groups excluding carboxylic acids is 1. The van der Waals surface area contributed by atoms with Gasteiger partial charge in [-0.15, -0.1) is 0 Å². The molecular formula is C9H13N3O2. The highest BCUT2D eigenvalue weighted by Gasteiger charge is 2.26. The topological polar surface area (TPSA) is 58.1 Å². The average Bonchev–Trinajstić information content (AvgIpc) is 2.50. The van der Waals surface area contributed by atoms with Crippen LogP contribution in [0.3, 0.4) is 0 Å². The quantitative estimate of drug-likeness (QED) is 0.676. The van der Waals surface area contributed by atoms with Gasteiger partial charge < -0.3 is 4.90 Å². The number of carbonyl (C=O) groups is 1. The van der Waals surface area contributed by atoms with Crippen molar-refractivity contribution in [3.05, 3.63) is 21.6 Å². The lowest BCUT2D eigenvalue weighted by molar-refractivity contribution is 0.0774. The Labute approximate surface area is 81.3 Å². The summed E-state index contributed by atoms with van der Waals surface area (Å²) in [5.74, 6) is -0.0875. The predicted molar refractivity (Wildman–Crippen MR) is 51.4 cm³/mol. The average molecular weight is 195 g/mol. The highest BCUT2D eigenvalue weighted by molar-refractivity contribution is 5.94. The van der Waals surface area contributed by atoms with E-state index in [0.717, 1.165) is 0 Å². The van der Waals surface area contributed by atoms with Crippen LogP contribution in [-0.2, 0) is 13.0 Å². The third-order valence-electron chi connectivity index (χ3n) is 2.63. The lowest BCUT2D eigenvalue weighted by atomic mass is 10.1. The Morgan fingerprint density at radius 1 is 1.43 bits per heavy atom. The van der Waals surface area contributed by atoms with Gasteiger partial charge in [-0.25, -0.2) is 0 Å². The largest absolute Gasteiger partial charge is 0.340 e. The summed E-state index contributed by atoms with van der Waals surface area (Å²) in [7, 11) is 1.74. The van der Waals surface area contributed by atoms with Crippen LogP contribution in [0.4, 0.5) is 0 Å². The maximum atomic E-state index is 11.7. The fourth-order valence-corrected chi connectivity index (χ4v) is 1.73. The molecule has 2 heterocycles. The molecule has 0 bridgehead atoms. The van der Waals surface area contributed by atoms with Crippen molar-refractivity contribution in [3.63, 3.8) is 0 Å². The molecule has 1 amide bonds. The molecule has 1 aliphatic rings. The van der Waals surface area contributed by atoms with Crippen LogP contribution in [0, 0.1) is 0 Å². The van der Waals surface area contributed by atoms with Crippen LogP contribution < -0.4 is 5.56 Å². The fraction of sp³-hybridized carbons (Fsp3) is 0.556. The smallest absolute Gasteiger partial charge is 0.271 e. The Hall–Kier alpha value is -1.52. The second-order valence-corrected chi connectivity index (χ2v) is 3.49. The molecule has 1 aromatic heterocycles. The number of aromatic amines is 1. The van der Waals surface area contributed by atoms with Gasteiger partial charge in [-0.05, 0) is 13.3 Å². The number of fused-ring (bicyclic) bond motifs is 1. The monoisotopic (exact) mass is 195 g/mol. The summed E-state index contributed by atoms with van der Waals surface area (Å²) in [4.78, 5) is 24.9. The van der Waals surface area contributed by atoms with E-state index in [2.05, 4.69) is 5.10 Å². The highest BCUT2D eigenvalue weighted by atomic mass is 16.2. The van der Waals surface area contributed by atoms with Crippen molar-refractivity contribution in [2.24, 2.45) is 0 Å². The summed E-state index contributed by atoms with van der Waals surface area (Å²) >= 11 is 0. The first-order valence-corrected chi connectivity index (χ1v) is 4.72. The number of rotatable bonds is 1. The van der Waals surface area contributed by atoms with Gasteiger partial charge >= 0.3 is 0 Å². The van der Waals surface area contributed by atoms with Gasteiger partial charge in [0.25, 0.3) is 11.5 Å². The minimum absolute atomic E-state index is 0.0519. The molecule has 0 radical (unpaired) electrons. The molecule has 5 nitrogen and oxygen atoms in total. The maximum absolute atomic E-state index is 11.7. The van der Waals surface area contributed by atoms with Crippen LogP contribution in [0.5, 0.6) is 0 Å². The molecule has 76 valence electrons. The van der Waals surface area contributed by atoms with Gasteiger partial charge in [-0.3, -0.25) is 19.4 Å². The Morgan fingerprint density at radius 3 is 2.79 bits per heavy atom. The standard InChI is InChI=1S/C9H13N3O2/c1-3-12-8(13)6-4-5-11(2)9(14)7(6)10-12/h10H,3-5H2,1-2H3. The van der Waals surface area contributed by atoms with Crippen molar-refractivity contribution < 1.29 is 4.79 Å². The third-order valence-corrected chi connectivity index (χ3v) is 2.63. The second kappa shape index (κ2) is 3.01. The molecule has 0 spiro atoms. The number of aromatic nitrogens is 2. The van der Waals surface area contributed by atoms with Gasteiger partial charge in [0.15, 0.2) is 0 Å². The number of likely N-dealkylation sites (N-methyl/N-ethyl adjacent to an activating group) is 1. The second-order valence-electron chi connectivity index (χ2n) is 3.49. The van der Waals surface area contributed by atoms with Crippen LogP contribution in [0.2, 0.25) is 0 Å². The molecule has 0 unspecified atom stereocenters. The molecule has 5 heteroatoms. The molecule has 1 N–H and O–H groups in total. The SMILES string of the molecule is CCn1[nH]c2c(c1=O)CCN(C)C2=O. The zero-order valence-electron chi connectivity index (χ0n) is 8.33. The van der Waals surface area contributed by atoms with Crippen LogP contribution in [0.15, 0.2) is 4.79 Å². The zero-order chi connectivity index (χ0) is 10.3. The van der Waals surface area contributed by atoms with Crippen molar-refractivity contribution in [2.45, 2.75) is 19.9 Å². The van der Waals surface area contributed by atoms with Crippen LogP contribution in [0.1, 0.15) is 23.0 Å². The van der Waals surface area contributed by atoms with Gasteiger partial charge in [0.05, 0.1) is 5.56 Å². The minimum atomic E-state index is -0.0875. The summed E-state index contributed by atoms with van der Waals surface area (Å²) in [6.45, 7) is 3.07. The lowest BCUT2D eigenvalue weighted by Crippen LogP contribution is -2.35. The normalized spacial score (nSPS) is 15.9. The fourth-order valence-electron chi connectivity index (χ4n) is 1.73. The van der Waals surface area contributed by atoms with E-state index in [1.165, 1.54) is 4.68 Å². The molecule has 0 atom stereocenters. The van der Waals surface area contributed by atoms with E-state index in [-0.39, 0.29) is 11.5 Å². The van der Waals surface area contributed by atoms with E-state index in [1.807, 2.05) is 6.92 Å². The van der Waals surface area contributed by atoms with Crippen molar-refractivity contribution in [3.8, 4) is 0 Å². The van der Waals surface area contributed by atoms with E-state index in [4.69, 9.17) is 0 Å². The number of hydrogen-bond donors (Lipinski definition) is 1. The number of amides is 1. The van der Waals surface area contributed by atoms with Gasteiger partial charge in [0.1, 0.15) is 5.69 Å². The van der Waals surface area contributed by atoms with Crippen molar-refractivity contribution >= 4 is 5.91 Å². The highest BCUT2D eigenvalue weighted by Crippen LogP contribution is 2.11. The van der Waals surface area contributed by atoms with Gasteiger partial charge in [0.2, 0.25) is 0 Å². The summed E-state index contributed by atoms with van der Waals surface area (Å²) in [5.41, 5.74) is 1.05. The molecular weight excluding hydrogens is 182 g/mol. The van der Waals surface area contributed by atoms with Crippen LogP contribution in [-0.4, -0.2) is 34.2 Å². The molecule has 14 heavy (non-hydrogen) atoms. The lowest BCUT2D eigenvalue weighted by Gasteiger charge is -2.20. The summed E-state index contributed by atoms with van der Waals surface area (Å²) in [6.07, 6.45) is 0.653. The minimum Gasteiger partial charge on any atom is -0.340 e. The molecule has 1 aromatic rings. The van der Waals surface area contributed by atoms with E-state index in [0.29, 0.717) is 30.8 Å². The van der Waals surface area contributed by atoms with E-state index in [9.17, 15) is 9.59 Å². The van der Waals surface area contributed by atoms with E-state index >= 15 is 0 Å². The summed E-state index contributed by atoms with van der Waals surface area (Å²) in [5, 5.41) is 2.84. The zero-order valence-corrected chi connectivity index (χ0v) is 8.33. The van der Waals surface area contributed by atoms with Gasteiger partial charge in [-0.2, -0.15) is 0 Å². The number of nitrogens with one attached hydrogen (secondary N) is 1. The Morgan fingerprint density at radius 2 is 2.14 bits per heavy atom. The molecule has 0 saturated carbocycles. The van der Waals surface area contributed by atoms with E-state index < -0.39 is 0 Å². The van der Waals surface area contributed by atoms with Gasteiger partial charge in [-0.1, -0.05) is 0 Å². The predicted octanol–water partition coefficient (Wildman–Crippen LogP) is -0.176. The number of aryl methyl sites for hydroxylation is 1. The maximum Gasteiger partial charge on any atom is 0.271 e.